The van der Waals surface area contributed by atoms with Gasteiger partial charge in [-0.3, -0.25) is 0 Å². The van der Waals surface area contributed by atoms with E-state index in [-0.39, 0.29) is 5.41 Å². The zero-order valence-electron chi connectivity index (χ0n) is 14.6. The largest absolute Gasteiger partial charge is 0.0985 e. The summed E-state index contributed by atoms with van der Waals surface area (Å²) in [6, 6.07) is 15.8. The van der Waals surface area contributed by atoms with Gasteiger partial charge in [-0.1, -0.05) is 83.7 Å². The molecule has 0 saturated carbocycles. The molecule has 0 saturated heterocycles. The number of rotatable bonds is 5. The van der Waals surface area contributed by atoms with E-state index in [1.165, 1.54) is 27.8 Å². The zero-order chi connectivity index (χ0) is 16.3. The van der Waals surface area contributed by atoms with Gasteiger partial charge < -0.3 is 0 Å². The van der Waals surface area contributed by atoms with E-state index in [4.69, 9.17) is 0 Å². The molecule has 0 aliphatic carbocycles. The van der Waals surface area contributed by atoms with Crippen molar-refractivity contribution in [1.82, 2.24) is 0 Å². The predicted molar refractivity (Wildman–Crippen MR) is 99.4 cm³/mol. The molecule has 0 radical (unpaired) electrons. The second-order valence-corrected chi connectivity index (χ2v) is 7.07. The van der Waals surface area contributed by atoms with E-state index in [1.54, 1.807) is 0 Å². The molecule has 0 bridgehead atoms. The van der Waals surface area contributed by atoms with E-state index in [9.17, 15) is 0 Å². The van der Waals surface area contributed by atoms with Crippen molar-refractivity contribution in [3.63, 3.8) is 0 Å². The van der Waals surface area contributed by atoms with Gasteiger partial charge in [-0.25, -0.2) is 0 Å². The fourth-order valence-electron chi connectivity index (χ4n) is 2.62. The SMILES string of the molecule is C=Cc1cc(-c2cccc(C(C)(C)CC)c2)cc(C(C)C)c1. The predicted octanol–water partition coefficient (Wildman–Crippen LogP) is 6.81. The Bertz CT molecular complexity index is 659. The third-order valence-corrected chi connectivity index (χ3v) is 4.74. The van der Waals surface area contributed by atoms with Gasteiger partial charge in [-0.15, -0.1) is 0 Å². The van der Waals surface area contributed by atoms with E-state index in [2.05, 4.69) is 83.7 Å². The second kappa shape index (κ2) is 6.52. The molecule has 2 aromatic carbocycles. The number of hydrogen-bond acceptors (Lipinski definition) is 0. The normalized spacial score (nSPS) is 11.7. The highest BCUT2D eigenvalue weighted by molar-refractivity contribution is 5.69. The Morgan fingerprint density at radius 2 is 1.77 bits per heavy atom. The maximum absolute atomic E-state index is 3.94. The molecule has 22 heavy (non-hydrogen) atoms. The average Bonchev–Trinajstić information content (AvgIpc) is 2.54. The van der Waals surface area contributed by atoms with Crippen molar-refractivity contribution in [1.29, 1.82) is 0 Å². The van der Waals surface area contributed by atoms with Gasteiger partial charge in [0.15, 0.2) is 0 Å². The summed E-state index contributed by atoms with van der Waals surface area (Å²) in [7, 11) is 0. The van der Waals surface area contributed by atoms with E-state index in [1.807, 2.05) is 6.08 Å². The average molecular weight is 292 g/mol. The molecule has 2 aromatic rings. The Labute approximate surface area is 135 Å². The molecule has 0 amide bonds. The van der Waals surface area contributed by atoms with Crippen molar-refractivity contribution in [2.24, 2.45) is 0 Å². The van der Waals surface area contributed by atoms with Crippen molar-refractivity contribution in [3.05, 3.63) is 65.7 Å². The molecule has 0 aromatic heterocycles. The first-order valence-electron chi connectivity index (χ1n) is 8.25. The summed E-state index contributed by atoms with van der Waals surface area (Å²) in [6.45, 7) is 15.3. The van der Waals surface area contributed by atoms with Crippen molar-refractivity contribution in [2.45, 2.75) is 52.4 Å². The van der Waals surface area contributed by atoms with Gasteiger partial charge in [0.1, 0.15) is 0 Å². The Morgan fingerprint density at radius 3 is 2.36 bits per heavy atom. The second-order valence-electron chi connectivity index (χ2n) is 7.07. The molecule has 0 aliphatic heterocycles. The first kappa shape index (κ1) is 16.5. The lowest BCUT2D eigenvalue weighted by Gasteiger charge is -2.24. The summed E-state index contributed by atoms with van der Waals surface area (Å²) in [5, 5.41) is 0. The summed E-state index contributed by atoms with van der Waals surface area (Å²) < 4.78 is 0. The smallest absolute Gasteiger partial charge is 0.0106 e. The molecule has 0 unspecified atom stereocenters. The molecular formula is C22H28. The van der Waals surface area contributed by atoms with Crippen molar-refractivity contribution in [3.8, 4) is 11.1 Å². The Balaban J connectivity index is 2.54. The fourth-order valence-corrected chi connectivity index (χ4v) is 2.62. The Morgan fingerprint density at radius 1 is 1.05 bits per heavy atom. The van der Waals surface area contributed by atoms with Crippen molar-refractivity contribution >= 4 is 6.08 Å². The van der Waals surface area contributed by atoms with Crippen LogP contribution in [0.3, 0.4) is 0 Å². The molecule has 0 nitrogen and oxygen atoms in total. The molecule has 0 aliphatic rings. The van der Waals surface area contributed by atoms with Crippen LogP contribution < -0.4 is 0 Å². The standard InChI is InChI=1S/C22H28/c1-7-17-12-19(16(3)4)14-20(13-17)18-10-9-11-21(15-18)22(5,6)8-2/h7,9-16H,1,8H2,2-6H3. The molecule has 0 fully saturated rings. The van der Waals surface area contributed by atoms with Crippen LogP contribution in [0.25, 0.3) is 17.2 Å². The molecule has 0 heteroatoms. The Hall–Kier alpha value is -1.82. The van der Waals surface area contributed by atoms with Gasteiger partial charge in [0, 0.05) is 0 Å². The van der Waals surface area contributed by atoms with Crippen LogP contribution >= 0.6 is 0 Å². The van der Waals surface area contributed by atoms with Crippen LogP contribution in [-0.4, -0.2) is 0 Å². The van der Waals surface area contributed by atoms with Crippen LogP contribution in [0.15, 0.2) is 49.0 Å². The third kappa shape index (κ3) is 3.50. The minimum Gasteiger partial charge on any atom is -0.0985 e. The van der Waals surface area contributed by atoms with Gasteiger partial charge in [0.25, 0.3) is 0 Å². The van der Waals surface area contributed by atoms with Crippen LogP contribution in [0.1, 0.15) is 63.6 Å². The summed E-state index contributed by atoms with van der Waals surface area (Å²) in [5.74, 6) is 0.522. The summed E-state index contributed by atoms with van der Waals surface area (Å²) in [4.78, 5) is 0. The third-order valence-electron chi connectivity index (χ3n) is 4.74. The Kier molecular flexibility index (Phi) is 4.90. The molecule has 0 N–H and O–H groups in total. The van der Waals surface area contributed by atoms with Crippen molar-refractivity contribution < 1.29 is 0 Å². The van der Waals surface area contributed by atoms with Gasteiger partial charge in [0.05, 0.1) is 0 Å². The monoisotopic (exact) mass is 292 g/mol. The van der Waals surface area contributed by atoms with Crippen LogP contribution in [0.2, 0.25) is 0 Å². The molecule has 0 spiro atoms. The van der Waals surface area contributed by atoms with Gasteiger partial charge >= 0.3 is 0 Å². The van der Waals surface area contributed by atoms with E-state index in [0.717, 1.165) is 6.42 Å². The summed E-state index contributed by atoms with van der Waals surface area (Å²) in [6.07, 6.45) is 3.08. The van der Waals surface area contributed by atoms with Gasteiger partial charge in [-0.2, -0.15) is 0 Å². The fraction of sp³-hybridized carbons (Fsp3) is 0.364. The van der Waals surface area contributed by atoms with Crippen LogP contribution in [0.4, 0.5) is 0 Å². The molecule has 116 valence electrons. The zero-order valence-corrected chi connectivity index (χ0v) is 14.6. The topological polar surface area (TPSA) is 0 Å². The van der Waals surface area contributed by atoms with Crippen molar-refractivity contribution in [2.75, 3.05) is 0 Å². The molecule has 0 atom stereocenters. The van der Waals surface area contributed by atoms with Gasteiger partial charge in [-0.05, 0) is 51.6 Å². The lowest BCUT2D eigenvalue weighted by atomic mass is 9.81. The first-order valence-corrected chi connectivity index (χ1v) is 8.25. The lowest BCUT2D eigenvalue weighted by Crippen LogP contribution is -2.15. The lowest BCUT2D eigenvalue weighted by molar-refractivity contribution is 0.506. The maximum atomic E-state index is 3.94. The van der Waals surface area contributed by atoms with E-state index >= 15 is 0 Å². The highest BCUT2D eigenvalue weighted by atomic mass is 14.2. The number of benzene rings is 2. The molecular weight excluding hydrogens is 264 g/mol. The van der Waals surface area contributed by atoms with E-state index in [0.29, 0.717) is 5.92 Å². The maximum Gasteiger partial charge on any atom is -0.0106 e. The molecule has 2 rings (SSSR count). The quantitative estimate of drug-likeness (QED) is 0.568. The van der Waals surface area contributed by atoms with Crippen LogP contribution in [0, 0.1) is 0 Å². The minimum absolute atomic E-state index is 0.215. The summed E-state index contributed by atoms with van der Waals surface area (Å²) in [5.41, 5.74) is 6.77. The summed E-state index contributed by atoms with van der Waals surface area (Å²) >= 11 is 0. The minimum atomic E-state index is 0.215. The first-order chi connectivity index (χ1) is 10.4. The highest BCUT2D eigenvalue weighted by Crippen LogP contribution is 2.32. The van der Waals surface area contributed by atoms with Gasteiger partial charge in [0.2, 0.25) is 0 Å². The van der Waals surface area contributed by atoms with Crippen LogP contribution in [-0.2, 0) is 5.41 Å². The van der Waals surface area contributed by atoms with Crippen LogP contribution in [0.5, 0.6) is 0 Å². The highest BCUT2D eigenvalue weighted by Gasteiger charge is 2.18. The molecule has 0 heterocycles. The number of hydrogen-bond donors (Lipinski definition) is 0. The van der Waals surface area contributed by atoms with E-state index < -0.39 is 0 Å².